The number of imidazole rings is 2. The summed E-state index contributed by atoms with van der Waals surface area (Å²) in [5.74, 6) is 2.06. The third kappa shape index (κ3) is 4.69. The Bertz CT molecular complexity index is 1380. The zero-order chi connectivity index (χ0) is 22.1. The largest absolute Gasteiger partial charge is 2.00 e. The minimum atomic E-state index is 0. The molecule has 3 aromatic carbocycles. The second kappa shape index (κ2) is 9.60. The van der Waals surface area contributed by atoms with Crippen molar-refractivity contribution < 1.29 is 25.8 Å². The maximum atomic E-state index is 6.07. The number of rotatable bonds is 5. The van der Waals surface area contributed by atoms with Crippen LogP contribution in [0.4, 0.5) is 0 Å². The quantitative estimate of drug-likeness (QED) is 0.231. The van der Waals surface area contributed by atoms with Gasteiger partial charge in [0.2, 0.25) is 0 Å². The summed E-state index contributed by atoms with van der Waals surface area (Å²) in [7, 11) is 1.96. The Balaban J connectivity index is 0.00000259. The van der Waals surface area contributed by atoms with E-state index >= 15 is 0 Å². The zero-order valence-corrected chi connectivity index (χ0v) is 20.8. The molecule has 0 N–H and O–H groups in total. The second-order valence-electron chi connectivity index (χ2n) is 7.73. The molecule has 0 radical (unpaired) electrons. The van der Waals surface area contributed by atoms with E-state index in [4.69, 9.17) is 4.74 Å². The summed E-state index contributed by atoms with van der Waals surface area (Å²) in [6.45, 7) is 4.22. The Morgan fingerprint density at radius 1 is 0.818 bits per heavy atom. The fourth-order valence-corrected chi connectivity index (χ4v) is 3.84. The number of nitrogens with zero attached hydrogens (tertiary/aromatic N) is 4. The van der Waals surface area contributed by atoms with Crippen LogP contribution in [0.5, 0.6) is 11.5 Å². The minimum Gasteiger partial charge on any atom is -0.497 e. The van der Waals surface area contributed by atoms with Gasteiger partial charge in [-0.15, -0.1) is 47.5 Å². The van der Waals surface area contributed by atoms with Crippen LogP contribution in [0.2, 0.25) is 0 Å². The third-order valence-corrected chi connectivity index (χ3v) is 5.37. The van der Waals surface area contributed by atoms with Crippen molar-refractivity contribution in [3.63, 3.8) is 0 Å². The van der Waals surface area contributed by atoms with Gasteiger partial charge >= 0.3 is 21.1 Å². The van der Waals surface area contributed by atoms with Crippen LogP contribution in [0.25, 0.3) is 28.3 Å². The molecule has 0 aliphatic rings. The van der Waals surface area contributed by atoms with Gasteiger partial charge < -0.3 is 13.9 Å². The first-order chi connectivity index (χ1) is 15.6. The molecule has 33 heavy (non-hydrogen) atoms. The van der Waals surface area contributed by atoms with Crippen LogP contribution in [0.15, 0.2) is 79.5 Å². The van der Waals surface area contributed by atoms with E-state index < -0.39 is 0 Å². The molecule has 6 heteroatoms. The molecule has 5 nitrogen and oxygen atoms in total. The molecular formula is C27H22N4OPt. The van der Waals surface area contributed by atoms with Crippen LogP contribution in [0.1, 0.15) is 11.1 Å². The van der Waals surface area contributed by atoms with Crippen molar-refractivity contribution >= 4 is 0 Å². The summed E-state index contributed by atoms with van der Waals surface area (Å²) >= 11 is 0. The number of aryl methyl sites for hydroxylation is 3. The molecular weight excluding hydrogens is 591 g/mol. The Morgan fingerprint density at radius 2 is 1.45 bits per heavy atom. The summed E-state index contributed by atoms with van der Waals surface area (Å²) in [5, 5.41) is 0. The van der Waals surface area contributed by atoms with Crippen molar-refractivity contribution in [2.24, 2.45) is 7.05 Å². The van der Waals surface area contributed by atoms with Gasteiger partial charge in [-0.25, -0.2) is 0 Å². The van der Waals surface area contributed by atoms with Crippen molar-refractivity contribution in [2.75, 3.05) is 0 Å². The van der Waals surface area contributed by atoms with Crippen molar-refractivity contribution in [3.05, 3.63) is 103 Å². The van der Waals surface area contributed by atoms with Gasteiger partial charge in [0.15, 0.2) is 0 Å². The van der Waals surface area contributed by atoms with Crippen LogP contribution in [-0.4, -0.2) is 19.1 Å². The van der Waals surface area contributed by atoms with Crippen LogP contribution in [-0.2, 0) is 28.1 Å². The van der Waals surface area contributed by atoms with E-state index in [-0.39, 0.29) is 21.1 Å². The molecule has 5 aromatic rings. The van der Waals surface area contributed by atoms with Gasteiger partial charge in [-0.3, -0.25) is 9.97 Å². The van der Waals surface area contributed by atoms with E-state index in [2.05, 4.69) is 58.7 Å². The smallest absolute Gasteiger partial charge is 0.497 e. The van der Waals surface area contributed by atoms with Gasteiger partial charge in [-0.1, -0.05) is 30.3 Å². The van der Waals surface area contributed by atoms with Crippen LogP contribution in [0.3, 0.4) is 0 Å². The molecule has 0 fully saturated rings. The predicted octanol–water partition coefficient (Wildman–Crippen LogP) is 5.95. The van der Waals surface area contributed by atoms with Gasteiger partial charge in [0.05, 0.1) is 17.8 Å². The minimum absolute atomic E-state index is 0. The van der Waals surface area contributed by atoms with Crippen molar-refractivity contribution in [3.8, 4) is 39.8 Å². The Morgan fingerprint density at radius 3 is 2.12 bits per heavy atom. The van der Waals surface area contributed by atoms with Crippen molar-refractivity contribution in [1.29, 1.82) is 0 Å². The standard InChI is InChI=1S/C27H22N4O.Pt/c1-19-7-4-8-20(2)26(19)31-17-25(29-18-31)21-9-5-11-23(15-21)32-24-12-6-10-22(16-24)27-28-13-14-30(27)3;/h4-14,17-18H,1-3H3;/q-2;+2. The second-order valence-corrected chi connectivity index (χ2v) is 7.73. The van der Waals surface area contributed by atoms with Gasteiger partial charge in [0.25, 0.3) is 0 Å². The van der Waals surface area contributed by atoms with E-state index in [1.165, 1.54) is 11.1 Å². The molecule has 5 rings (SSSR count). The number of aromatic nitrogens is 4. The van der Waals surface area contributed by atoms with E-state index in [0.717, 1.165) is 28.3 Å². The fraction of sp³-hybridized carbons (Fsp3) is 0.111. The average molecular weight is 614 g/mol. The van der Waals surface area contributed by atoms with Crippen LogP contribution < -0.4 is 4.74 Å². The summed E-state index contributed by atoms with van der Waals surface area (Å²) in [6, 6.07) is 24.5. The Hall–Kier alpha value is -3.43. The van der Waals surface area contributed by atoms with Crippen molar-refractivity contribution in [1.82, 2.24) is 19.1 Å². The number of hydrogen-bond acceptors (Lipinski definition) is 3. The normalized spacial score (nSPS) is 10.6. The first kappa shape index (κ1) is 22.8. The van der Waals surface area contributed by atoms with Gasteiger partial charge in [0.1, 0.15) is 0 Å². The number of para-hydroxylation sites is 1. The molecule has 0 unspecified atom stereocenters. The number of hydrogen-bond donors (Lipinski definition) is 0. The zero-order valence-electron chi connectivity index (χ0n) is 18.5. The molecule has 0 bridgehead atoms. The molecule has 0 aliphatic carbocycles. The molecule has 0 atom stereocenters. The Labute approximate surface area is 208 Å². The summed E-state index contributed by atoms with van der Waals surface area (Å²) in [6.07, 6.45) is 7.55. The molecule has 0 amide bonds. The van der Waals surface area contributed by atoms with Gasteiger partial charge in [0, 0.05) is 36.6 Å². The molecule has 166 valence electrons. The van der Waals surface area contributed by atoms with Crippen LogP contribution >= 0.6 is 0 Å². The fourth-order valence-electron chi connectivity index (χ4n) is 3.84. The monoisotopic (exact) mass is 613 g/mol. The topological polar surface area (TPSA) is 44.9 Å². The molecule has 0 spiro atoms. The van der Waals surface area contributed by atoms with E-state index in [1.807, 2.05) is 66.7 Å². The molecule has 2 aromatic heterocycles. The van der Waals surface area contributed by atoms with E-state index in [9.17, 15) is 0 Å². The first-order valence-corrected chi connectivity index (χ1v) is 10.4. The van der Waals surface area contributed by atoms with E-state index in [0.29, 0.717) is 11.5 Å². The average Bonchev–Trinajstić information content (AvgIpc) is 3.44. The van der Waals surface area contributed by atoms with Crippen molar-refractivity contribution in [2.45, 2.75) is 13.8 Å². The maximum absolute atomic E-state index is 6.07. The molecule has 0 saturated carbocycles. The number of ether oxygens (including phenoxy) is 1. The van der Waals surface area contributed by atoms with Gasteiger partial charge in [-0.2, -0.15) is 0 Å². The van der Waals surface area contributed by atoms with Gasteiger partial charge in [-0.05, 0) is 31.2 Å². The third-order valence-electron chi connectivity index (χ3n) is 5.37. The maximum Gasteiger partial charge on any atom is 2.00 e. The SMILES string of the molecule is Cc1cccc(C)c1-n1cnc(-c2[c-]c(Oc3[c-]c(-c4nccn4C)ccc3)ccc2)c1.[Pt+2]. The predicted molar refractivity (Wildman–Crippen MR) is 125 cm³/mol. The summed E-state index contributed by atoms with van der Waals surface area (Å²) in [5.41, 5.74) is 6.14. The molecule has 2 heterocycles. The van der Waals surface area contributed by atoms with Crippen LogP contribution in [0, 0.1) is 26.0 Å². The summed E-state index contributed by atoms with van der Waals surface area (Å²) < 4.78 is 10.1. The van der Waals surface area contributed by atoms with E-state index in [1.54, 1.807) is 6.20 Å². The summed E-state index contributed by atoms with van der Waals surface area (Å²) in [4.78, 5) is 8.99. The Kier molecular flexibility index (Phi) is 6.62. The number of benzene rings is 3. The molecule has 0 saturated heterocycles. The molecule has 0 aliphatic heterocycles. The first-order valence-electron chi connectivity index (χ1n) is 10.4.